The quantitative estimate of drug-likeness (QED) is 0.262. The highest BCUT2D eigenvalue weighted by Crippen LogP contribution is 2.50. The summed E-state index contributed by atoms with van der Waals surface area (Å²) in [7, 11) is 1.63. The number of nitrogens with one attached hydrogen (secondary N) is 1. The van der Waals surface area contributed by atoms with Crippen molar-refractivity contribution < 1.29 is 28.5 Å². The number of fused-ring (bicyclic) bond motifs is 1. The minimum atomic E-state index is -0.781. The van der Waals surface area contributed by atoms with Crippen LogP contribution in [0.1, 0.15) is 52.5 Å². The largest absolute Gasteiger partial charge is 0.490 e. The van der Waals surface area contributed by atoms with Crippen molar-refractivity contribution in [3.63, 3.8) is 0 Å². The number of methoxy groups -OCH3 is 1. The molecular formula is C30H49FN2O5. The molecule has 216 valence electrons. The molecule has 1 aliphatic carbocycles. The van der Waals surface area contributed by atoms with Crippen LogP contribution < -0.4 is 15.8 Å². The number of benzene rings is 1. The minimum Gasteiger partial charge on any atom is -0.490 e. The molecule has 1 amide bonds. The van der Waals surface area contributed by atoms with Crippen molar-refractivity contribution in [2.24, 2.45) is 47.2 Å². The van der Waals surface area contributed by atoms with E-state index in [2.05, 4.69) is 19.2 Å². The van der Waals surface area contributed by atoms with E-state index in [4.69, 9.17) is 19.9 Å². The molecule has 0 radical (unpaired) electrons. The summed E-state index contributed by atoms with van der Waals surface area (Å²) in [5.74, 6) is 1.90. The van der Waals surface area contributed by atoms with Gasteiger partial charge in [0.05, 0.1) is 25.9 Å². The van der Waals surface area contributed by atoms with Crippen molar-refractivity contribution in [2.45, 2.75) is 65.5 Å². The molecule has 0 aromatic heterocycles. The summed E-state index contributed by atoms with van der Waals surface area (Å²) in [4.78, 5) is 13.0. The van der Waals surface area contributed by atoms with E-state index in [1.165, 1.54) is 6.07 Å². The Hall–Kier alpha value is -1.74. The number of hydrogen-bond donors (Lipinski definition) is 3. The average Bonchev–Trinajstić information content (AvgIpc) is 3.29. The standard InChI is InChI=1S/C30H49FN2O5/c1-18(2)21(11-20-7-8-26(31)29(12-20)38-10-6-9-36-5)13-27(32)28(34)14-22(19(3)4)30(35)33-15-23-24-16-37-17-25(23)24/h7-8,12,18-19,21-25,27-28,34H,6,9-11,13-17,32H2,1-5H3,(H,33,35)/t21?,22?,23?,24-,25+,27-,28+/m0/s1. The van der Waals surface area contributed by atoms with Crippen LogP contribution in [0.4, 0.5) is 4.39 Å². The number of amides is 1. The Morgan fingerprint density at radius 2 is 1.87 bits per heavy atom. The number of rotatable bonds is 17. The minimum absolute atomic E-state index is 0.00175. The Morgan fingerprint density at radius 1 is 1.16 bits per heavy atom. The molecule has 8 heteroatoms. The van der Waals surface area contributed by atoms with E-state index in [1.54, 1.807) is 19.2 Å². The zero-order valence-corrected chi connectivity index (χ0v) is 23.8. The third kappa shape index (κ3) is 8.63. The SMILES string of the molecule is COCCCOc1cc(CC(C[C@H](N)[C@H](O)CC(C(=O)NCC2[C@H]3COC[C@@H]23)C(C)C)C(C)C)ccc1F. The second-order valence-electron chi connectivity index (χ2n) is 12.0. The Bertz CT molecular complexity index is 872. The van der Waals surface area contributed by atoms with Crippen LogP contribution in [0.25, 0.3) is 0 Å². The first-order chi connectivity index (χ1) is 18.1. The lowest BCUT2D eigenvalue weighted by atomic mass is 9.81. The van der Waals surface area contributed by atoms with Gasteiger partial charge in [0.1, 0.15) is 0 Å². The molecule has 1 heterocycles. The van der Waals surface area contributed by atoms with Gasteiger partial charge >= 0.3 is 0 Å². The van der Waals surface area contributed by atoms with Crippen LogP contribution in [0.2, 0.25) is 0 Å². The topological polar surface area (TPSA) is 103 Å². The first kappa shape index (κ1) is 30.8. The zero-order valence-electron chi connectivity index (χ0n) is 23.8. The van der Waals surface area contributed by atoms with Gasteiger partial charge in [0.15, 0.2) is 11.6 Å². The molecule has 4 N–H and O–H groups in total. The van der Waals surface area contributed by atoms with E-state index in [-0.39, 0.29) is 35.2 Å². The van der Waals surface area contributed by atoms with E-state index in [0.717, 1.165) is 18.8 Å². The van der Waals surface area contributed by atoms with Gasteiger partial charge in [0.2, 0.25) is 5.91 Å². The summed E-state index contributed by atoms with van der Waals surface area (Å²) in [6, 6.07) is 4.54. The fourth-order valence-electron chi connectivity index (χ4n) is 5.70. The van der Waals surface area contributed by atoms with E-state index in [9.17, 15) is 14.3 Å². The highest BCUT2D eigenvalue weighted by Gasteiger charge is 2.53. The van der Waals surface area contributed by atoms with Crippen molar-refractivity contribution in [1.82, 2.24) is 5.32 Å². The molecule has 2 aliphatic rings. The summed E-state index contributed by atoms with van der Waals surface area (Å²) in [5, 5.41) is 14.1. The van der Waals surface area contributed by atoms with Gasteiger partial charge < -0.3 is 30.4 Å². The van der Waals surface area contributed by atoms with Gasteiger partial charge in [-0.3, -0.25) is 4.79 Å². The highest BCUT2D eigenvalue weighted by atomic mass is 19.1. The fourth-order valence-corrected chi connectivity index (χ4v) is 5.70. The molecule has 2 fully saturated rings. The first-order valence-electron chi connectivity index (χ1n) is 14.3. The van der Waals surface area contributed by atoms with E-state index < -0.39 is 12.1 Å². The van der Waals surface area contributed by atoms with Crippen molar-refractivity contribution in [3.8, 4) is 5.75 Å². The molecule has 0 bridgehead atoms. The lowest BCUT2D eigenvalue weighted by Gasteiger charge is -2.30. The monoisotopic (exact) mass is 536 g/mol. The van der Waals surface area contributed by atoms with E-state index >= 15 is 0 Å². The fraction of sp³-hybridized carbons (Fsp3) is 0.767. The van der Waals surface area contributed by atoms with Gasteiger partial charge in [-0.05, 0) is 72.5 Å². The number of carbonyl (C=O) groups excluding carboxylic acids is 1. The molecule has 1 aromatic rings. The summed E-state index contributed by atoms with van der Waals surface area (Å²) in [5.41, 5.74) is 7.48. The van der Waals surface area contributed by atoms with Crippen LogP contribution in [0.15, 0.2) is 18.2 Å². The average molecular weight is 537 g/mol. The number of nitrogens with two attached hydrogens (primary N) is 1. The first-order valence-corrected chi connectivity index (χ1v) is 14.3. The molecule has 7 atom stereocenters. The van der Waals surface area contributed by atoms with Crippen LogP contribution >= 0.6 is 0 Å². The van der Waals surface area contributed by atoms with Gasteiger partial charge in [-0.2, -0.15) is 0 Å². The smallest absolute Gasteiger partial charge is 0.223 e. The molecule has 3 rings (SSSR count). The van der Waals surface area contributed by atoms with Crippen LogP contribution in [0.3, 0.4) is 0 Å². The Morgan fingerprint density at radius 3 is 2.50 bits per heavy atom. The van der Waals surface area contributed by atoms with E-state index in [0.29, 0.717) is 69.1 Å². The van der Waals surface area contributed by atoms with Gasteiger partial charge in [-0.15, -0.1) is 0 Å². The third-order valence-electron chi connectivity index (χ3n) is 8.53. The lowest BCUT2D eigenvalue weighted by Crippen LogP contribution is -2.43. The maximum atomic E-state index is 14.3. The molecule has 0 spiro atoms. The van der Waals surface area contributed by atoms with Crippen LogP contribution in [0.5, 0.6) is 5.75 Å². The Kier molecular flexibility index (Phi) is 11.8. The summed E-state index contributed by atoms with van der Waals surface area (Å²) >= 11 is 0. The van der Waals surface area contributed by atoms with Gasteiger partial charge in [0, 0.05) is 38.6 Å². The van der Waals surface area contributed by atoms with Gasteiger partial charge in [-0.25, -0.2) is 4.39 Å². The molecule has 7 nitrogen and oxygen atoms in total. The molecule has 38 heavy (non-hydrogen) atoms. The number of aliphatic hydroxyl groups is 1. The summed E-state index contributed by atoms with van der Waals surface area (Å²) in [6.07, 6.45) is 1.56. The molecular weight excluding hydrogens is 487 g/mol. The molecule has 1 saturated carbocycles. The van der Waals surface area contributed by atoms with Crippen LogP contribution in [-0.2, 0) is 20.7 Å². The van der Waals surface area contributed by atoms with E-state index in [1.807, 2.05) is 13.8 Å². The second-order valence-corrected chi connectivity index (χ2v) is 12.0. The number of ether oxygens (including phenoxy) is 3. The van der Waals surface area contributed by atoms with Crippen molar-refractivity contribution in [1.29, 1.82) is 0 Å². The molecule has 3 unspecified atom stereocenters. The third-order valence-corrected chi connectivity index (χ3v) is 8.53. The lowest BCUT2D eigenvalue weighted by molar-refractivity contribution is -0.127. The highest BCUT2D eigenvalue weighted by molar-refractivity contribution is 5.79. The maximum Gasteiger partial charge on any atom is 0.223 e. The number of carbonyl (C=O) groups is 1. The van der Waals surface area contributed by atoms with Crippen LogP contribution in [0, 0.1) is 47.2 Å². The predicted molar refractivity (Wildman–Crippen MR) is 146 cm³/mol. The predicted octanol–water partition coefficient (Wildman–Crippen LogP) is 3.80. The van der Waals surface area contributed by atoms with Crippen LogP contribution in [-0.4, -0.2) is 63.2 Å². The zero-order chi connectivity index (χ0) is 27.8. The van der Waals surface area contributed by atoms with Crippen molar-refractivity contribution in [2.75, 3.05) is 40.1 Å². The molecule has 1 saturated heterocycles. The second kappa shape index (κ2) is 14.6. The number of aliphatic hydroxyl groups excluding tert-OH is 1. The maximum absolute atomic E-state index is 14.3. The van der Waals surface area contributed by atoms with Crippen molar-refractivity contribution >= 4 is 5.91 Å². The molecule has 1 aromatic carbocycles. The molecule has 1 aliphatic heterocycles. The Labute approximate surface area is 228 Å². The van der Waals surface area contributed by atoms with Gasteiger partial charge in [-0.1, -0.05) is 33.8 Å². The van der Waals surface area contributed by atoms with Crippen molar-refractivity contribution in [3.05, 3.63) is 29.6 Å². The number of halogens is 1. The number of hydrogen-bond acceptors (Lipinski definition) is 6. The summed E-state index contributed by atoms with van der Waals surface area (Å²) in [6.45, 7) is 11.6. The van der Waals surface area contributed by atoms with Gasteiger partial charge in [0.25, 0.3) is 0 Å². The Balaban J connectivity index is 1.52. The summed E-state index contributed by atoms with van der Waals surface area (Å²) < 4.78 is 30.3. The normalized spacial score (nSPS) is 23.7.